The third-order valence-electron chi connectivity index (χ3n) is 4.79. The van der Waals surface area contributed by atoms with Gasteiger partial charge in [-0.05, 0) is 42.0 Å². The van der Waals surface area contributed by atoms with Crippen molar-refractivity contribution in [1.29, 1.82) is 0 Å². The topological polar surface area (TPSA) is 57.6 Å². The molecule has 8 heteroatoms. The maximum Gasteiger partial charge on any atom is 0.416 e. The summed E-state index contributed by atoms with van der Waals surface area (Å²) in [6, 6.07) is 7.69. The Morgan fingerprint density at radius 3 is 1.97 bits per heavy atom. The number of amides is 1. The monoisotopic (exact) mass is 421 g/mol. The molecule has 0 saturated heterocycles. The largest absolute Gasteiger partial charge is 0.503 e. The van der Waals surface area contributed by atoms with E-state index in [0.29, 0.717) is 5.56 Å². The molecule has 0 aliphatic carbocycles. The summed E-state index contributed by atoms with van der Waals surface area (Å²) in [4.78, 5) is 26.9. The van der Waals surface area contributed by atoms with Crippen LogP contribution in [-0.4, -0.2) is 16.8 Å². The first-order valence-corrected chi connectivity index (χ1v) is 9.06. The van der Waals surface area contributed by atoms with Crippen molar-refractivity contribution in [2.75, 3.05) is 4.90 Å². The molecule has 2 aromatic carbocycles. The van der Waals surface area contributed by atoms with E-state index in [4.69, 9.17) is 0 Å². The smallest absolute Gasteiger partial charge is 0.416 e. The van der Waals surface area contributed by atoms with Crippen LogP contribution in [-0.2, 0) is 15.8 Å². The van der Waals surface area contributed by atoms with Crippen LogP contribution < -0.4 is 4.90 Å². The summed E-state index contributed by atoms with van der Waals surface area (Å²) >= 11 is 0. The number of anilines is 1. The highest BCUT2D eigenvalue weighted by Crippen LogP contribution is 2.43. The lowest BCUT2D eigenvalue weighted by atomic mass is 9.82. The lowest BCUT2D eigenvalue weighted by molar-refractivity contribution is -0.137. The number of hydrogen-bond donors (Lipinski definition) is 1. The van der Waals surface area contributed by atoms with Crippen molar-refractivity contribution in [1.82, 2.24) is 0 Å². The quantitative estimate of drug-likeness (QED) is 0.679. The Kier molecular flexibility index (Phi) is 5.22. The van der Waals surface area contributed by atoms with Crippen LogP contribution in [0.3, 0.4) is 0 Å². The molecule has 1 unspecified atom stereocenters. The van der Waals surface area contributed by atoms with E-state index in [0.717, 1.165) is 41.3 Å². The lowest BCUT2D eigenvalue weighted by Crippen LogP contribution is -2.32. The highest BCUT2D eigenvalue weighted by molar-refractivity contribution is 6.17. The summed E-state index contributed by atoms with van der Waals surface area (Å²) in [6.45, 7) is 4.84. The third kappa shape index (κ3) is 3.81. The van der Waals surface area contributed by atoms with Crippen LogP contribution in [0.4, 0.5) is 23.2 Å². The van der Waals surface area contributed by atoms with Gasteiger partial charge in [0.2, 0.25) is 0 Å². The van der Waals surface area contributed by atoms with Crippen LogP contribution in [0.1, 0.15) is 37.9 Å². The van der Waals surface area contributed by atoms with Gasteiger partial charge in [0.1, 0.15) is 5.82 Å². The number of aliphatic hydroxyl groups is 1. The van der Waals surface area contributed by atoms with Crippen LogP contribution in [0, 0.1) is 11.2 Å². The van der Waals surface area contributed by atoms with Crippen molar-refractivity contribution >= 4 is 17.4 Å². The average molecular weight is 421 g/mol. The van der Waals surface area contributed by atoms with Crippen molar-refractivity contribution in [3.8, 4) is 0 Å². The minimum Gasteiger partial charge on any atom is -0.503 e. The van der Waals surface area contributed by atoms with Gasteiger partial charge in [0, 0.05) is 11.1 Å². The Morgan fingerprint density at radius 1 is 0.967 bits per heavy atom. The van der Waals surface area contributed by atoms with Crippen molar-refractivity contribution in [2.45, 2.75) is 33.0 Å². The fourth-order valence-corrected chi connectivity index (χ4v) is 3.28. The zero-order chi connectivity index (χ0) is 22.4. The normalized spacial score (nSPS) is 17.6. The van der Waals surface area contributed by atoms with E-state index in [1.165, 1.54) is 12.1 Å². The number of hydrogen-bond acceptors (Lipinski definition) is 3. The summed E-state index contributed by atoms with van der Waals surface area (Å²) in [5, 5.41) is 10.5. The van der Waals surface area contributed by atoms with Gasteiger partial charge < -0.3 is 5.11 Å². The standard InChI is InChI=1S/C22H19F4NO3/c1-21(2,3)19(29)16-17(12-4-8-14(23)9-5-12)27(20(30)18(16)28)15-10-6-13(7-11-15)22(24,25)26/h4-11,17,28H,1-3H3. The molecule has 1 heterocycles. The number of aliphatic hydroxyl groups excluding tert-OH is 1. The minimum atomic E-state index is -4.56. The third-order valence-corrected chi connectivity index (χ3v) is 4.79. The van der Waals surface area contributed by atoms with Crippen molar-refractivity contribution < 1.29 is 32.3 Å². The summed E-state index contributed by atoms with van der Waals surface area (Å²) < 4.78 is 52.1. The molecular formula is C22H19F4NO3. The first-order valence-electron chi connectivity index (χ1n) is 9.06. The Labute approximate surface area is 170 Å². The molecule has 1 aliphatic rings. The zero-order valence-electron chi connectivity index (χ0n) is 16.4. The van der Waals surface area contributed by atoms with E-state index < -0.39 is 46.5 Å². The highest BCUT2D eigenvalue weighted by atomic mass is 19.4. The van der Waals surface area contributed by atoms with Gasteiger partial charge in [-0.3, -0.25) is 14.5 Å². The van der Waals surface area contributed by atoms with E-state index in [1.54, 1.807) is 20.8 Å². The molecule has 0 spiro atoms. The number of alkyl halides is 3. The van der Waals surface area contributed by atoms with Gasteiger partial charge in [0.25, 0.3) is 5.91 Å². The summed E-state index contributed by atoms with van der Waals surface area (Å²) in [7, 11) is 0. The number of halogens is 4. The number of nitrogens with zero attached hydrogens (tertiary/aromatic N) is 1. The van der Waals surface area contributed by atoms with E-state index in [9.17, 15) is 32.3 Å². The van der Waals surface area contributed by atoms with Crippen molar-refractivity contribution in [3.63, 3.8) is 0 Å². The maximum absolute atomic E-state index is 13.4. The second kappa shape index (κ2) is 7.27. The van der Waals surface area contributed by atoms with E-state index in [1.807, 2.05) is 0 Å². The molecule has 4 nitrogen and oxygen atoms in total. The first kappa shape index (κ1) is 21.5. The van der Waals surface area contributed by atoms with Gasteiger partial charge in [0.15, 0.2) is 11.5 Å². The van der Waals surface area contributed by atoms with Gasteiger partial charge in [0.05, 0.1) is 17.2 Å². The van der Waals surface area contributed by atoms with E-state index in [2.05, 4.69) is 0 Å². The predicted molar refractivity (Wildman–Crippen MR) is 102 cm³/mol. The lowest BCUT2D eigenvalue weighted by Gasteiger charge is -2.29. The molecule has 0 aromatic heterocycles. The number of ketones is 1. The molecule has 3 rings (SSSR count). The second-order valence-corrected chi connectivity index (χ2v) is 8.02. The van der Waals surface area contributed by atoms with Crippen LogP contribution in [0.15, 0.2) is 59.9 Å². The molecule has 0 bridgehead atoms. The minimum absolute atomic E-state index is 0.0607. The van der Waals surface area contributed by atoms with Crippen molar-refractivity contribution in [3.05, 3.63) is 76.8 Å². The van der Waals surface area contributed by atoms with Crippen LogP contribution >= 0.6 is 0 Å². The fourth-order valence-electron chi connectivity index (χ4n) is 3.28. The molecule has 0 radical (unpaired) electrons. The number of Topliss-reactive ketones (excluding diaryl/α,β-unsaturated/α-hetero) is 1. The molecule has 1 N–H and O–H groups in total. The Hall–Kier alpha value is -3.16. The maximum atomic E-state index is 13.4. The Morgan fingerprint density at radius 2 is 1.50 bits per heavy atom. The van der Waals surface area contributed by atoms with Gasteiger partial charge in [-0.2, -0.15) is 13.2 Å². The van der Waals surface area contributed by atoms with Crippen LogP contribution in [0.25, 0.3) is 0 Å². The van der Waals surface area contributed by atoms with Crippen LogP contribution in [0.5, 0.6) is 0 Å². The predicted octanol–water partition coefficient (Wildman–Crippen LogP) is 5.36. The molecular weight excluding hydrogens is 402 g/mol. The summed E-state index contributed by atoms with van der Waals surface area (Å²) in [6.07, 6.45) is -4.56. The Balaban J connectivity index is 2.16. The van der Waals surface area contributed by atoms with Gasteiger partial charge in [-0.25, -0.2) is 4.39 Å². The molecule has 158 valence electrons. The summed E-state index contributed by atoms with van der Waals surface area (Å²) in [5.74, 6) is -2.74. The van der Waals surface area contributed by atoms with E-state index >= 15 is 0 Å². The van der Waals surface area contributed by atoms with Crippen LogP contribution in [0.2, 0.25) is 0 Å². The zero-order valence-corrected chi connectivity index (χ0v) is 16.4. The molecule has 0 fully saturated rings. The van der Waals surface area contributed by atoms with Crippen molar-refractivity contribution in [2.24, 2.45) is 5.41 Å². The summed E-state index contributed by atoms with van der Waals surface area (Å²) in [5.41, 5.74) is -1.64. The number of carbonyl (C=O) groups is 2. The highest BCUT2D eigenvalue weighted by Gasteiger charge is 2.46. The Bertz CT molecular complexity index is 1020. The average Bonchev–Trinajstić information content (AvgIpc) is 2.91. The number of carbonyl (C=O) groups excluding carboxylic acids is 2. The molecule has 1 aliphatic heterocycles. The fraction of sp³-hybridized carbons (Fsp3) is 0.273. The second-order valence-electron chi connectivity index (χ2n) is 8.02. The molecule has 1 atom stereocenters. The first-order chi connectivity index (χ1) is 13.8. The van der Waals surface area contributed by atoms with E-state index in [-0.39, 0.29) is 11.3 Å². The van der Waals surface area contributed by atoms with Gasteiger partial charge >= 0.3 is 6.18 Å². The van der Waals surface area contributed by atoms with Gasteiger partial charge in [-0.1, -0.05) is 32.9 Å². The SMILES string of the molecule is CC(C)(C)C(=O)C1=C(O)C(=O)N(c2ccc(C(F)(F)F)cc2)C1c1ccc(F)cc1. The molecule has 1 amide bonds. The molecule has 0 saturated carbocycles. The molecule has 2 aromatic rings. The number of rotatable bonds is 3. The molecule has 30 heavy (non-hydrogen) atoms. The van der Waals surface area contributed by atoms with Gasteiger partial charge in [-0.15, -0.1) is 0 Å². The number of benzene rings is 2.